The van der Waals surface area contributed by atoms with E-state index in [1.165, 1.54) is 5.56 Å². The van der Waals surface area contributed by atoms with Crippen LogP contribution in [-0.2, 0) is 13.0 Å². The van der Waals surface area contributed by atoms with Gasteiger partial charge >= 0.3 is 0 Å². The highest BCUT2D eigenvalue weighted by Gasteiger charge is 2.29. The average molecular weight is 343 g/mol. The van der Waals surface area contributed by atoms with Gasteiger partial charge in [0.05, 0.1) is 27.4 Å². The highest BCUT2D eigenvalue weighted by Crippen LogP contribution is 2.39. The normalized spacial score (nSPS) is 17.0. The quantitative estimate of drug-likeness (QED) is 0.874. The summed E-state index contributed by atoms with van der Waals surface area (Å²) in [5.41, 5.74) is 3.11. The number of nitrogens with zero attached hydrogens (tertiary/aromatic N) is 1. The van der Waals surface area contributed by atoms with Crippen LogP contribution in [-0.4, -0.2) is 44.4 Å². The molecule has 1 heterocycles. The summed E-state index contributed by atoms with van der Waals surface area (Å²) in [4.78, 5) is 2.25. The van der Waals surface area contributed by atoms with Crippen molar-refractivity contribution in [1.29, 1.82) is 0 Å². The minimum absolute atomic E-state index is 0.579. The molecule has 1 atom stereocenters. The van der Waals surface area contributed by atoms with E-state index in [-0.39, 0.29) is 0 Å². The molecule has 0 unspecified atom stereocenters. The predicted molar refractivity (Wildman–Crippen MR) is 96.5 cm³/mol. The molecule has 25 heavy (non-hydrogen) atoms. The van der Waals surface area contributed by atoms with Crippen molar-refractivity contribution >= 4 is 0 Å². The molecule has 0 saturated carbocycles. The lowest BCUT2D eigenvalue weighted by Crippen LogP contribution is -2.35. The minimum atomic E-state index is -0.579. The largest absolute Gasteiger partial charge is 0.497 e. The number of hydrogen-bond donors (Lipinski definition) is 1. The van der Waals surface area contributed by atoms with Gasteiger partial charge < -0.3 is 19.3 Å². The van der Waals surface area contributed by atoms with Crippen LogP contribution in [0.3, 0.4) is 0 Å². The van der Waals surface area contributed by atoms with Gasteiger partial charge in [0, 0.05) is 30.8 Å². The number of methoxy groups -OCH3 is 3. The molecule has 2 aromatic rings. The maximum Gasteiger partial charge on any atom is 0.125 e. The zero-order chi connectivity index (χ0) is 17.8. The number of aliphatic hydroxyl groups excluding tert-OH is 1. The zero-order valence-corrected chi connectivity index (χ0v) is 15.0. The number of rotatable bonds is 6. The number of aliphatic hydroxyl groups is 1. The third-order valence-electron chi connectivity index (χ3n) is 4.74. The molecule has 0 bridgehead atoms. The summed E-state index contributed by atoms with van der Waals surface area (Å²) in [6.45, 7) is 2.19. The lowest BCUT2D eigenvalue weighted by molar-refractivity contribution is 0.0891. The second kappa shape index (κ2) is 7.76. The molecular formula is C20H25NO4. The summed E-state index contributed by atoms with van der Waals surface area (Å²) in [6, 6.07) is 11.9. The second-order valence-electron chi connectivity index (χ2n) is 6.21. The first kappa shape index (κ1) is 17.6. The van der Waals surface area contributed by atoms with Gasteiger partial charge in [-0.3, -0.25) is 4.90 Å². The van der Waals surface area contributed by atoms with Gasteiger partial charge in [0.1, 0.15) is 17.2 Å². The van der Waals surface area contributed by atoms with Crippen LogP contribution >= 0.6 is 0 Å². The molecule has 2 aromatic carbocycles. The predicted octanol–water partition coefficient (Wildman–Crippen LogP) is 2.80. The zero-order valence-electron chi connectivity index (χ0n) is 15.0. The Labute approximate surface area is 148 Å². The van der Waals surface area contributed by atoms with E-state index >= 15 is 0 Å². The van der Waals surface area contributed by atoms with E-state index in [1.807, 2.05) is 24.3 Å². The van der Waals surface area contributed by atoms with E-state index in [0.717, 1.165) is 47.9 Å². The average Bonchev–Trinajstić information content (AvgIpc) is 2.65. The van der Waals surface area contributed by atoms with E-state index in [4.69, 9.17) is 14.2 Å². The van der Waals surface area contributed by atoms with Crippen molar-refractivity contribution < 1.29 is 19.3 Å². The molecule has 3 rings (SSSR count). The molecular weight excluding hydrogens is 318 g/mol. The first-order chi connectivity index (χ1) is 12.2. The van der Waals surface area contributed by atoms with Gasteiger partial charge in [-0.05, 0) is 36.2 Å². The molecule has 5 heteroatoms. The Hall–Kier alpha value is -2.24. The number of β-amino-alcohol motifs (C(OH)–C–C–N with tert-alkyl or cyclic N) is 1. The van der Waals surface area contributed by atoms with Crippen LogP contribution in [0.4, 0.5) is 0 Å². The Kier molecular flexibility index (Phi) is 5.46. The molecule has 0 aromatic heterocycles. The molecule has 0 radical (unpaired) electrons. The van der Waals surface area contributed by atoms with Gasteiger partial charge in [-0.25, -0.2) is 0 Å². The molecule has 1 aliphatic rings. The smallest absolute Gasteiger partial charge is 0.125 e. The van der Waals surface area contributed by atoms with E-state index in [1.54, 1.807) is 21.3 Å². The van der Waals surface area contributed by atoms with Crippen LogP contribution in [0.2, 0.25) is 0 Å². The van der Waals surface area contributed by atoms with Gasteiger partial charge in [0.25, 0.3) is 0 Å². The maximum absolute atomic E-state index is 10.6. The highest BCUT2D eigenvalue weighted by atomic mass is 16.5. The number of ether oxygens (including phenoxy) is 3. The van der Waals surface area contributed by atoms with Crippen molar-refractivity contribution in [3.8, 4) is 17.2 Å². The summed E-state index contributed by atoms with van der Waals surface area (Å²) < 4.78 is 16.1. The maximum atomic E-state index is 10.6. The number of hydrogen-bond acceptors (Lipinski definition) is 5. The van der Waals surface area contributed by atoms with Crippen LogP contribution in [0, 0.1) is 0 Å². The third kappa shape index (κ3) is 3.72. The summed E-state index contributed by atoms with van der Waals surface area (Å²) >= 11 is 0. The van der Waals surface area contributed by atoms with Crippen molar-refractivity contribution in [2.24, 2.45) is 0 Å². The SMILES string of the molecule is COc1ccc(CCN2Cc3c(OC)ccc(OC)c3[C@@H](O)C2)cc1. The van der Waals surface area contributed by atoms with Gasteiger partial charge in [-0.1, -0.05) is 12.1 Å². The molecule has 0 aliphatic carbocycles. The highest BCUT2D eigenvalue weighted by molar-refractivity contribution is 5.51. The fourth-order valence-electron chi connectivity index (χ4n) is 3.39. The molecule has 0 spiro atoms. The fraction of sp³-hybridized carbons (Fsp3) is 0.400. The molecule has 0 fully saturated rings. The molecule has 1 N–H and O–H groups in total. The Bertz CT molecular complexity index is 714. The van der Waals surface area contributed by atoms with Crippen molar-refractivity contribution in [3.63, 3.8) is 0 Å². The minimum Gasteiger partial charge on any atom is -0.497 e. The van der Waals surface area contributed by atoms with E-state index in [9.17, 15) is 5.11 Å². The number of fused-ring (bicyclic) bond motifs is 1. The molecule has 5 nitrogen and oxygen atoms in total. The van der Waals surface area contributed by atoms with E-state index in [2.05, 4.69) is 17.0 Å². The third-order valence-corrected chi connectivity index (χ3v) is 4.74. The van der Waals surface area contributed by atoms with Crippen LogP contribution in [0.25, 0.3) is 0 Å². The number of benzene rings is 2. The van der Waals surface area contributed by atoms with Gasteiger partial charge in [-0.15, -0.1) is 0 Å². The summed E-state index contributed by atoms with van der Waals surface area (Å²) in [7, 11) is 4.96. The van der Waals surface area contributed by atoms with Crippen LogP contribution in [0.5, 0.6) is 17.2 Å². The molecule has 134 valence electrons. The van der Waals surface area contributed by atoms with Crippen molar-refractivity contribution in [1.82, 2.24) is 4.90 Å². The summed E-state index contributed by atoms with van der Waals surface area (Å²) in [5.74, 6) is 2.38. The molecule has 1 aliphatic heterocycles. The van der Waals surface area contributed by atoms with Gasteiger partial charge in [-0.2, -0.15) is 0 Å². The summed E-state index contributed by atoms with van der Waals surface area (Å²) in [6.07, 6.45) is 0.336. The summed E-state index contributed by atoms with van der Waals surface area (Å²) in [5, 5.41) is 10.6. The Morgan fingerprint density at radius 2 is 1.64 bits per heavy atom. The van der Waals surface area contributed by atoms with Crippen LogP contribution in [0.1, 0.15) is 22.8 Å². The van der Waals surface area contributed by atoms with Crippen LogP contribution in [0.15, 0.2) is 36.4 Å². The monoisotopic (exact) mass is 343 g/mol. The Morgan fingerprint density at radius 3 is 2.28 bits per heavy atom. The molecule has 0 amide bonds. The van der Waals surface area contributed by atoms with E-state index in [0.29, 0.717) is 6.54 Å². The molecule has 0 saturated heterocycles. The first-order valence-corrected chi connectivity index (χ1v) is 8.43. The Morgan fingerprint density at radius 1 is 0.960 bits per heavy atom. The first-order valence-electron chi connectivity index (χ1n) is 8.43. The standard InChI is InChI=1S/C20H25NO4/c1-23-15-6-4-14(5-7-15)10-11-21-12-16-18(24-2)8-9-19(25-3)20(16)17(22)13-21/h4-9,17,22H,10-13H2,1-3H3/t17-/m0/s1. The lowest BCUT2D eigenvalue weighted by Gasteiger charge is -2.34. The second-order valence-corrected chi connectivity index (χ2v) is 6.21. The Balaban J connectivity index is 1.74. The topological polar surface area (TPSA) is 51.2 Å². The lowest BCUT2D eigenvalue weighted by atomic mass is 9.95. The van der Waals surface area contributed by atoms with E-state index < -0.39 is 6.10 Å². The van der Waals surface area contributed by atoms with Crippen molar-refractivity contribution in [3.05, 3.63) is 53.1 Å². The van der Waals surface area contributed by atoms with Gasteiger partial charge in [0.2, 0.25) is 0 Å². The van der Waals surface area contributed by atoms with Crippen molar-refractivity contribution in [2.45, 2.75) is 19.1 Å². The van der Waals surface area contributed by atoms with Gasteiger partial charge in [0.15, 0.2) is 0 Å². The van der Waals surface area contributed by atoms with Crippen LogP contribution < -0.4 is 14.2 Å². The fourth-order valence-corrected chi connectivity index (χ4v) is 3.39. The van der Waals surface area contributed by atoms with Crippen molar-refractivity contribution in [2.75, 3.05) is 34.4 Å².